The lowest BCUT2D eigenvalue weighted by Crippen LogP contribution is -2.21. The minimum absolute atomic E-state index is 0.0934. The van der Waals surface area contributed by atoms with Crippen LogP contribution in [-0.4, -0.2) is 17.4 Å². The minimum atomic E-state index is -0.0934. The molecule has 0 saturated carbocycles. The second-order valence-corrected chi connectivity index (χ2v) is 5.77. The average Bonchev–Trinajstić information content (AvgIpc) is 3.03. The number of thiophene rings is 1. The monoisotopic (exact) mass is 291 g/mol. The van der Waals surface area contributed by atoms with E-state index in [0.717, 1.165) is 15.4 Å². The fourth-order valence-electron chi connectivity index (χ4n) is 1.43. The van der Waals surface area contributed by atoms with Crippen LogP contribution in [0.1, 0.15) is 25.1 Å². The van der Waals surface area contributed by atoms with Crippen LogP contribution in [0.3, 0.4) is 0 Å². The van der Waals surface area contributed by atoms with Crippen LogP contribution >= 0.6 is 22.7 Å². The van der Waals surface area contributed by atoms with Gasteiger partial charge in [0.05, 0.1) is 22.8 Å². The molecule has 2 aromatic rings. The van der Waals surface area contributed by atoms with E-state index in [-0.39, 0.29) is 5.91 Å². The first kappa shape index (κ1) is 13.7. The van der Waals surface area contributed by atoms with E-state index in [1.807, 2.05) is 18.4 Å². The first-order valence-electron chi connectivity index (χ1n) is 5.66. The summed E-state index contributed by atoms with van der Waals surface area (Å²) in [4.78, 5) is 17.7. The third-order valence-corrected chi connectivity index (χ3v) is 4.26. The van der Waals surface area contributed by atoms with Crippen LogP contribution in [0, 0.1) is 18.8 Å². The number of nitrogens with one attached hydrogen (secondary N) is 1. The Hall–Kier alpha value is -1.68. The van der Waals surface area contributed by atoms with Crippen molar-refractivity contribution in [2.24, 2.45) is 5.73 Å². The summed E-state index contributed by atoms with van der Waals surface area (Å²) in [6, 6.07) is 1.85. The first-order chi connectivity index (χ1) is 9.20. The van der Waals surface area contributed by atoms with Gasteiger partial charge in [0, 0.05) is 11.6 Å². The zero-order valence-corrected chi connectivity index (χ0v) is 12.0. The molecule has 0 unspecified atom stereocenters. The Bertz CT molecular complexity index is 620. The maximum atomic E-state index is 12.0. The second kappa shape index (κ2) is 6.48. The van der Waals surface area contributed by atoms with Crippen molar-refractivity contribution in [3.63, 3.8) is 0 Å². The third-order valence-electron chi connectivity index (χ3n) is 2.33. The molecule has 0 radical (unpaired) electrons. The number of rotatable bonds is 3. The van der Waals surface area contributed by atoms with E-state index in [4.69, 9.17) is 5.73 Å². The summed E-state index contributed by atoms with van der Waals surface area (Å²) >= 11 is 2.91. The molecule has 0 aromatic carbocycles. The molecule has 0 fully saturated rings. The standard InChI is InChI=1S/C13H13N3OS2/c1-9-7-11(19-10(9)3-2-4-14)13(17)16-8-12-15-5-6-18-12/h5-7H,4,8,14H2,1H3,(H,16,17). The molecule has 0 aliphatic carbocycles. The number of hydrogen-bond donors (Lipinski definition) is 2. The van der Waals surface area contributed by atoms with Crippen molar-refractivity contribution in [1.29, 1.82) is 0 Å². The van der Waals surface area contributed by atoms with Crippen LogP contribution in [0.2, 0.25) is 0 Å². The molecule has 98 valence electrons. The van der Waals surface area contributed by atoms with Crippen molar-refractivity contribution in [3.05, 3.63) is 38.0 Å². The van der Waals surface area contributed by atoms with E-state index in [2.05, 4.69) is 22.1 Å². The molecule has 2 heterocycles. The maximum Gasteiger partial charge on any atom is 0.261 e. The van der Waals surface area contributed by atoms with Crippen LogP contribution in [0.4, 0.5) is 0 Å². The van der Waals surface area contributed by atoms with Crippen molar-refractivity contribution in [2.45, 2.75) is 13.5 Å². The summed E-state index contributed by atoms with van der Waals surface area (Å²) in [5, 5.41) is 5.62. The number of carbonyl (C=O) groups is 1. The topological polar surface area (TPSA) is 68.0 Å². The summed E-state index contributed by atoms with van der Waals surface area (Å²) in [5.74, 6) is 5.68. The summed E-state index contributed by atoms with van der Waals surface area (Å²) in [7, 11) is 0. The highest BCUT2D eigenvalue weighted by atomic mass is 32.1. The third kappa shape index (κ3) is 3.64. The zero-order valence-electron chi connectivity index (χ0n) is 10.4. The Morgan fingerprint density at radius 2 is 2.42 bits per heavy atom. The molecule has 0 saturated heterocycles. The number of thiazole rings is 1. The Morgan fingerprint density at radius 3 is 3.11 bits per heavy atom. The number of carbonyl (C=O) groups excluding carboxylic acids is 1. The molecular formula is C13H13N3OS2. The van der Waals surface area contributed by atoms with E-state index < -0.39 is 0 Å². The molecule has 0 atom stereocenters. The smallest absolute Gasteiger partial charge is 0.261 e. The average molecular weight is 291 g/mol. The number of amides is 1. The highest BCUT2D eigenvalue weighted by molar-refractivity contribution is 7.14. The molecule has 0 aliphatic heterocycles. The Kier molecular flexibility index (Phi) is 4.68. The maximum absolute atomic E-state index is 12.0. The Morgan fingerprint density at radius 1 is 1.58 bits per heavy atom. The van der Waals surface area contributed by atoms with E-state index in [9.17, 15) is 4.79 Å². The van der Waals surface area contributed by atoms with Crippen LogP contribution in [0.25, 0.3) is 0 Å². The molecule has 0 spiro atoms. The molecule has 2 rings (SSSR count). The van der Waals surface area contributed by atoms with Gasteiger partial charge in [-0.05, 0) is 18.6 Å². The predicted octanol–water partition coefficient (Wildman–Crippen LogP) is 1.75. The minimum Gasteiger partial charge on any atom is -0.345 e. The number of nitrogens with zero attached hydrogens (tertiary/aromatic N) is 1. The van der Waals surface area contributed by atoms with Crippen LogP contribution in [0.5, 0.6) is 0 Å². The number of nitrogens with two attached hydrogens (primary N) is 1. The lowest BCUT2D eigenvalue weighted by Gasteiger charge is -1.99. The van der Waals surface area contributed by atoms with Gasteiger partial charge in [0.1, 0.15) is 5.01 Å². The van der Waals surface area contributed by atoms with Gasteiger partial charge in [0.15, 0.2) is 0 Å². The summed E-state index contributed by atoms with van der Waals surface area (Å²) < 4.78 is 0. The van der Waals surface area contributed by atoms with E-state index in [0.29, 0.717) is 18.0 Å². The molecule has 4 nitrogen and oxygen atoms in total. The predicted molar refractivity (Wildman–Crippen MR) is 78.3 cm³/mol. The lowest BCUT2D eigenvalue weighted by molar-refractivity contribution is 0.0955. The molecule has 2 aromatic heterocycles. The quantitative estimate of drug-likeness (QED) is 0.847. The lowest BCUT2D eigenvalue weighted by atomic mass is 10.2. The van der Waals surface area contributed by atoms with Gasteiger partial charge in [-0.25, -0.2) is 4.98 Å². The highest BCUT2D eigenvalue weighted by Crippen LogP contribution is 2.21. The van der Waals surface area contributed by atoms with Crippen molar-refractivity contribution in [3.8, 4) is 11.8 Å². The van der Waals surface area contributed by atoms with Crippen LogP contribution in [0.15, 0.2) is 17.6 Å². The molecule has 6 heteroatoms. The van der Waals surface area contributed by atoms with Gasteiger partial charge >= 0.3 is 0 Å². The number of aromatic nitrogens is 1. The summed E-state index contributed by atoms with van der Waals surface area (Å²) in [5.41, 5.74) is 6.35. The van der Waals surface area contributed by atoms with Crippen molar-refractivity contribution in [1.82, 2.24) is 10.3 Å². The molecule has 0 aliphatic rings. The van der Waals surface area contributed by atoms with Gasteiger partial charge in [-0.2, -0.15) is 0 Å². The highest BCUT2D eigenvalue weighted by Gasteiger charge is 2.11. The fraction of sp³-hybridized carbons (Fsp3) is 0.231. The zero-order chi connectivity index (χ0) is 13.7. The van der Waals surface area contributed by atoms with Crippen molar-refractivity contribution < 1.29 is 4.79 Å². The summed E-state index contributed by atoms with van der Waals surface area (Å²) in [6.07, 6.45) is 1.72. The molecule has 0 bridgehead atoms. The van der Waals surface area contributed by atoms with E-state index >= 15 is 0 Å². The molecule has 19 heavy (non-hydrogen) atoms. The second-order valence-electron chi connectivity index (χ2n) is 3.74. The largest absolute Gasteiger partial charge is 0.345 e. The van der Waals surface area contributed by atoms with Gasteiger partial charge in [0.25, 0.3) is 5.91 Å². The SMILES string of the molecule is Cc1cc(C(=O)NCc2nccs2)sc1C#CCN. The van der Waals surface area contributed by atoms with E-state index in [1.54, 1.807) is 6.20 Å². The molecular weight excluding hydrogens is 278 g/mol. The first-order valence-corrected chi connectivity index (χ1v) is 7.36. The normalized spacial score (nSPS) is 9.79. The van der Waals surface area contributed by atoms with Gasteiger partial charge in [0.2, 0.25) is 0 Å². The fourth-order valence-corrected chi connectivity index (χ4v) is 2.95. The van der Waals surface area contributed by atoms with Gasteiger partial charge < -0.3 is 11.1 Å². The van der Waals surface area contributed by atoms with E-state index in [1.165, 1.54) is 22.7 Å². The summed E-state index contributed by atoms with van der Waals surface area (Å²) in [6.45, 7) is 2.72. The molecule has 1 amide bonds. The Balaban J connectivity index is 2.03. The van der Waals surface area contributed by atoms with Gasteiger partial charge in [-0.15, -0.1) is 22.7 Å². The van der Waals surface area contributed by atoms with Gasteiger partial charge in [-0.1, -0.05) is 11.8 Å². The number of aryl methyl sites for hydroxylation is 1. The molecule has 3 N–H and O–H groups in total. The van der Waals surface area contributed by atoms with Crippen LogP contribution < -0.4 is 11.1 Å². The van der Waals surface area contributed by atoms with Crippen LogP contribution in [-0.2, 0) is 6.54 Å². The van der Waals surface area contributed by atoms with Crippen molar-refractivity contribution >= 4 is 28.6 Å². The van der Waals surface area contributed by atoms with Gasteiger partial charge in [-0.3, -0.25) is 4.79 Å². The number of hydrogen-bond acceptors (Lipinski definition) is 5. The Labute approximate surface area is 119 Å². The van der Waals surface area contributed by atoms with Crippen molar-refractivity contribution in [2.75, 3.05) is 6.54 Å².